The van der Waals surface area contributed by atoms with Crippen LogP contribution in [-0.4, -0.2) is 29.3 Å². The molecule has 0 bridgehead atoms. The molecule has 0 aliphatic heterocycles. The minimum Gasteiger partial charge on any atom is -0.493 e. The summed E-state index contributed by atoms with van der Waals surface area (Å²) in [7, 11) is 1.55. The van der Waals surface area contributed by atoms with E-state index in [2.05, 4.69) is 20.5 Å². The molecule has 1 aromatic carbocycles. The predicted octanol–water partition coefficient (Wildman–Crippen LogP) is 3.95. The van der Waals surface area contributed by atoms with Crippen molar-refractivity contribution in [3.63, 3.8) is 0 Å². The maximum atomic E-state index is 11.9. The Balaban J connectivity index is 1.34. The van der Waals surface area contributed by atoms with Gasteiger partial charge in [0.25, 0.3) is 0 Å². The maximum absolute atomic E-state index is 11.9. The summed E-state index contributed by atoms with van der Waals surface area (Å²) in [6, 6.07) is 5.36. The minimum absolute atomic E-state index is 0.0356. The van der Waals surface area contributed by atoms with Crippen LogP contribution in [0.2, 0.25) is 0 Å². The maximum Gasteiger partial charge on any atom is 0.314 e. The molecule has 2 aliphatic rings. The summed E-state index contributed by atoms with van der Waals surface area (Å²) in [6.45, 7) is 0. The largest absolute Gasteiger partial charge is 0.493 e. The van der Waals surface area contributed by atoms with E-state index in [0.29, 0.717) is 11.5 Å². The van der Waals surface area contributed by atoms with Crippen LogP contribution in [0.1, 0.15) is 35.3 Å². The Morgan fingerprint density at radius 2 is 2.17 bits per heavy atom. The fraction of sp³-hybridized carbons (Fsp3) is 0.333. The van der Waals surface area contributed by atoms with Gasteiger partial charge in [0, 0.05) is 4.88 Å². The van der Waals surface area contributed by atoms with Gasteiger partial charge in [-0.15, -0.1) is 11.3 Å². The summed E-state index contributed by atoms with van der Waals surface area (Å²) >= 11 is 1.75. The molecule has 2 heterocycles. The second-order valence-corrected chi connectivity index (χ2v) is 8.32. The van der Waals surface area contributed by atoms with Gasteiger partial charge in [-0.3, -0.25) is 10.2 Å². The molecule has 148 valence electrons. The number of hydrogen-bond donors (Lipinski definition) is 1. The number of carbonyl (C=O) groups excluding carboxylic acids is 1. The van der Waals surface area contributed by atoms with Gasteiger partial charge in [-0.05, 0) is 61.4 Å². The number of nitrogens with one attached hydrogen (secondary N) is 1. The molecule has 1 N–H and O–H groups in total. The molecule has 2 aromatic heterocycles. The second-order valence-electron chi connectivity index (χ2n) is 7.24. The number of ether oxygens (including phenoxy) is 2. The van der Waals surface area contributed by atoms with Crippen LogP contribution in [0.15, 0.2) is 29.6 Å². The van der Waals surface area contributed by atoms with E-state index in [0.717, 1.165) is 47.3 Å². The molecule has 1 fully saturated rings. The average molecular weight is 408 g/mol. The Hall–Kier alpha value is -3.00. The van der Waals surface area contributed by atoms with Crippen molar-refractivity contribution in [1.82, 2.24) is 9.97 Å². The summed E-state index contributed by atoms with van der Waals surface area (Å²) in [4.78, 5) is 23.1. The van der Waals surface area contributed by atoms with E-state index in [-0.39, 0.29) is 11.9 Å². The third-order valence-electron chi connectivity index (χ3n) is 5.19. The van der Waals surface area contributed by atoms with Crippen LogP contribution in [0.5, 0.6) is 11.5 Å². The zero-order valence-electron chi connectivity index (χ0n) is 16.0. The zero-order chi connectivity index (χ0) is 19.8. The van der Waals surface area contributed by atoms with Crippen molar-refractivity contribution < 1.29 is 14.3 Å². The summed E-state index contributed by atoms with van der Waals surface area (Å²) < 4.78 is 10.8. The SMILES string of the molecule is COc1cc(/C=N\Nc2ncnc3sc4c(c23)CCC4)ccc1OC(=O)C1CC1. The molecule has 2 aliphatic carbocycles. The molecule has 29 heavy (non-hydrogen) atoms. The molecule has 0 spiro atoms. The topological polar surface area (TPSA) is 85.7 Å². The first kappa shape index (κ1) is 18.1. The van der Waals surface area contributed by atoms with E-state index in [9.17, 15) is 4.79 Å². The van der Waals surface area contributed by atoms with Gasteiger partial charge >= 0.3 is 5.97 Å². The number of aromatic nitrogens is 2. The van der Waals surface area contributed by atoms with E-state index >= 15 is 0 Å². The lowest BCUT2D eigenvalue weighted by Gasteiger charge is -2.09. The second kappa shape index (κ2) is 7.44. The highest BCUT2D eigenvalue weighted by molar-refractivity contribution is 7.19. The number of benzene rings is 1. The van der Waals surface area contributed by atoms with Crippen LogP contribution < -0.4 is 14.9 Å². The number of anilines is 1. The van der Waals surface area contributed by atoms with Crippen LogP contribution in [0, 0.1) is 5.92 Å². The molecule has 0 amide bonds. The van der Waals surface area contributed by atoms with Crippen LogP contribution in [0.25, 0.3) is 10.2 Å². The van der Waals surface area contributed by atoms with Crippen LogP contribution >= 0.6 is 11.3 Å². The van der Waals surface area contributed by atoms with E-state index < -0.39 is 0 Å². The highest BCUT2D eigenvalue weighted by atomic mass is 32.1. The number of methoxy groups -OCH3 is 1. The Labute approximate surface area is 171 Å². The van der Waals surface area contributed by atoms with Crippen molar-refractivity contribution in [2.45, 2.75) is 32.1 Å². The Bertz CT molecular complexity index is 1120. The number of hydrogen-bond acceptors (Lipinski definition) is 8. The molecular weight excluding hydrogens is 388 g/mol. The number of carbonyl (C=O) groups is 1. The lowest BCUT2D eigenvalue weighted by atomic mass is 10.2. The lowest BCUT2D eigenvalue weighted by molar-refractivity contribution is -0.135. The first-order valence-corrected chi connectivity index (χ1v) is 10.5. The number of rotatable bonds is 6. The standard InChI is InChI=1S/C21H20N4O3S/c1-27-16-9-12(5-8-15(16)28-21(26)13-6-7-13)10-24-25-19-18-14-3-2-4-17(14)29-20(18)23-11-22-19/h5,8-11,13H,2-4,6-7H2,1H3,(H,22,23,25)/b24-10-. The van der Waals surface area contributed by atoms with Gasteiger partial charge in [0.15, 0.2) is 17.3 Å². The number of fused-ring (bicyclic) bond motifs is 3. The monoisotopic (exact) mass is 408 g/mol. The summed E-state index contributed by atoms with van der Waals surface area (Å²) in [5.74, 6) is 1.51. The molecule has 0 radical (unpaired) electrons. The van der Waals surface area contributed by atoms with E-state index in [1.807, 2.05) is 6.07 Å². The van der Waals surface area contributed by atoms with Crippen molar-refractivity contribution in [1.29, 1.82) is 0 Å². The number of esters is 1. The van der Waals surface area contributed by atoms with Crippen molar-refractivity contribution in [2.75, 3.05) is 12.5 Å². The molecule has 7 nitrogen and oxygen atoms in total. The first-order valence-electron chi connectivity index (χ1n) is 9.67. The van der Waals surface area contributed by atoms with E-state index in [1.165, 1.54) is 16.9 Å². The normalized spacial score (nSPS) is 15.6. The number of hydrazone groups is 1. The average Bonchev–Trinajstić information content (AvgIpc) is 3.39. The highest BCUT2D eigenvalue weighted by Crippen LogP contribution is 2.39. The minimum atomic E-state index is -0.192. The number of aryl methyl sites for hydroxylation is 2. The molecule has 1 saturated carbocycles. The number of thiophene rings is 1. The summed E-state index contributed by atoms with van der Waals surface area (Å²) in [5, 5.41) is 5.43. The third kappa shape index (κ3) is 3.55. The van der Waals surface area contributed by atoms with Gasteiger partial charge < -0.3 is 9.47 Å². The first-order chi connectivity index (χ1) is 14.2. The predicted molar refractivity (Wildman–Crippen MR) is 112 cm³/mol. The molecule has 0 atom stereocenters. The smallest absolute Gasteiger partial charge is 0.314 e. The van der Waals surface area contributed by atoms with Gasteiger partial charge in [0.2, 0.25) is 0 Å². The van der Waals surface area contributed by atoms with Crippen molar-refractivity contribution >= 4 is 39.6 Å². The van der Waals surface area contributed by atoms with Crippen LogP contribution in [0.4, 0.5) is 5.82 Å². The zero-order valence-corrected chi connectivity index (χ0v) is 16.8. The quantitative estimate of drug-likeness (QED) is 0.288. The number of nitrogens with zero attached hydrogens (tertiary/aromatic N) is 3. The molecular formula is C21H20N4O3S. The van der Waals surface area contributed by atoms with E-state index in [4.69, 9.17) is 9.47 Å². The highest BCUT2D eigenvalue weighted by Gasteiger charge is 2.32. The van der Waals surface area contributed by atoms with Gasteiger partial charge in [0.05, 0.1) is 24.6 Å². The lowest BCUT2D eigenvalue weighted by Crippen LogP contribution is -2.10. The third-order valence-corrected chi connectivity index (χ3v) is 6.39. The molecule has 8 heteroatoms. The summed E-state index contributed by atoms with van der Waals surface area (Å²) in [5.41, 5.74) is 5.23. The molecule has 3 aromatic rings. The molecule has 0 saturated heterocycles. The van der Waals surface area contributed by atoms with Gasteiger partial charge in [0.1, 0.15) is 11.2 Å². The van der Waals surface area contributed by atoms with Crippen molar-refractivity contribution in [2.24, 2.45) is 11.0 Å². The molecule has 0 unspecified atom stereocenters. The molecule has 5 rings (SSSR count). The van der Waals surface area contributed by atoms with Gasteiger partial charge in [-0.2, -0.15) is 5.10 Å². The van der Waals surface area contributed by atoms with Gasteiger partial charge in [-0.25, -0.2) is 9.97 Å². The van der Waals surface area contributed by atoms with Crippen molar-refractivity contribution in [3.8, 4) is 11.5 Å². The Kier molecular flexibility index (Phi) is 4.63. The van der Waals surface area contributed by atoms with Crippen LogP contribution in [0.3, 0.4) is 0 Å². The van der Waals surface area contributed by atoms with Crippen LogP contribution in [-0.2, 0) is 17.6 Å². The van der Waals surface area contributed by atoms with E-state index in [1.54, 1.807) is 43.1 Å². The fourth-order valence-corrected chi connectivity index (χ4v) is 4.77. The summed E-state index contributed by atoms with van der Waals surface area (Å²) in [6.07, 6.45) is 8.44. The Morgan fingerprint density at radius 1 is 1.28 bits per heavy atom. The van der Waals surface area contributed by atoms with Gasteiger partial charge in [-0.1, -0.05) is 0 Å². The van der Waals surface area contributed by atoms with Crippen molar-refractivity contribution in [3.05, 3.63) is 40.5 Å². The fourth-order valence-electron chi connectivity index (χ4n) is 3.54. The Morgan fingerprint density at radius 3 is 3.00 bits per heavy atom.